The van der Waals surface area contributed by atoms with E-state index >= 15 is 0 Å². The van der Waals surface area contributed by atoms with Gasteiger partial charge in [0.05, 0.1) is 12.2 Å². The Morgan fingerprint density at radius 3 is 1.59 bits per heavy atom. The summed E-state index contributed by atoms with van der Waals surface area (Å²) < 4.78 is 0. The smallest absolute Gasteiger partial charge is 0.115 e. The van der Waals surface area contributed by atoms with Crippen LogP contribution in [0.2, 0.25) is 0 Å². The molecule has 0 spiro atoms. The van der Waals surface area contributed by atoms with Crippen LogP contribution >= 0.6 is 0 Å². The van der Waals surface area contributed by atoms with Crippen LogP contribution in [0.5, 0.6) is 5.75 Å². The topological polar surface area (TPSA) is 63.9 Å². The molecular weight excluding hydrogens is 362 g/mol. The van der Waals surface area contributed by atoms with Crippen molar-refractivity contribution in [2.45, 2.75) is 31.6 Å². The number of benzene rings is 3. The zero-order valence-corrected chi connectivity index (χ0v) is 16.7. The summed E-state index contributed by atoms with van der Waals surface area (Å²) in [5.41, 5.74) is 2.83. The van der Waals surface area contributed by atoms with E-state index in [2.05, 4.69) is 11.8 Å². The van der Waals surface area contributed by atoms with Gasteiger partial charge < -0.3 is 15.3 Å². The maximum absolute atomic E-state index is 10.8. The summed E-state index contributed by atoms with van der Waals surface area (Å²) >= 11 is 0. The van der Waals surface area contributed by atoms with E-state index < -0.39 is 12.2 Å². The van der Waals surface area contributed by atoms with Crippen molar-refractivity contribution in [2.24, 2.45) is 0 Å². The Kier molecular flexibility index (Phi) is 7.42. The van der Waals surface area contributed by atoms with Crippen molar-refractivity contribution in [1.82, 2.24) is 4.90 Å². The van der Waals surface area contributed by atoms with Gasteiger partial charge in [0, 0.05) is 19.1 Å². The third-order valence-corrected chi connectivity index (χ3v) is 5.27. The summed E-state index contributed by atoms with van der Waals surface area (Å²) in [6.07, 6.45) is -0.522. The Bertz CT molecular complexity index is 805. The lowest BCUT2D eigenvalue weighted by atomic mass is 10.0. The molecule has 0 amide bonds. The van der Waals surface area contributed by atoms with E-state index in [1.165, 1.54) is 0 Å². The van der Waals surface area contributed by atoms with Crippen LogP contribution in [0, 0.1) is 0 Å². The number of aromatic hydroxyl groups is 1. The SMILES string of the molecule is C[C@H](Cc1ccc(O)cc1)N(C[C@@H](O)c1ccccc1)C[C@@H](O)c1ccccc1. The van der Waals surface area contributed by atoms with Crippen LogP contribution in [-0.2, 0) is 6.42 Å². The number of aliphatic hydroxyl groups is 2. The molecular formula is C25H29NO3. The highest BCUT2D eigenvalue weighted by atomic mass is 16.3. The van der Waals surface area contributed by atoms with Crippen LogP contribution in [0.1, 0.15) is 35.8 Å². The Hall–Kier alpha value is -2.66. The van der Waals surface area contributed by atoms with Crippen molar-refractivity contribution in [1.29, 1.82) is 0 Å². The van der Waals surface area contributed by atoms with Crippen molar-refractivity contribution in [3.8, 4) is 5.75 Å². The van der Waals surface area contributed by atoms with Gasteiger partial charge >= 0.3 is 0 Å². The quantitative estimate of drug-likeness (QED) is 0.514. The van der Waals surface area contributed by atoms with E-state index in [1.54, 1.807) is 12.1 Å². The summed E-state index contributed by atoms with van der Waals surface area (Å²) in [7, 11) is 0. The summed E-state index contributed by atoms with van der Waals surface area (Å²) in [6, 6.07) is 26.5. The number of phenols is 1. The Morgan fingerprint density at radius 1 is 0.690 bits per heavy atom. The van der Waals surface area contributed by atoms with Crippen LogP contribution < -0.4 is 0 Å². The fourth-order valence-corrected chi connectivity index (χ4v) is 3.54. The molecule has 4 heteroatoms. The van der Waals surface area contributed by atoms with Gasteiger partial charge in [0.15, 0.2) is 0 Å². The first kappa shape index (κ1) is 21.1. The zero-order valence-electron chi connectivity index (χ0n) is 16.7. The Labute approximate surface area is 172 Å². The summed E-state index contributed by atoms with van der Waals surface area (Å²) in [5, 5.41) is 31.1. The largest absolute Gasteiger partial charge is 0.508 e. The summed E-state index contributed by atoms with van der Waals surface area (Å²) in [4.78, 5) is 2.13. The minimum Gasteiger partial charge on any atom is -0.508 e. The number of hydrogen-bond acceptors (Lipinski definition) is 4. The van der Waals surface area contributed by atoms with Crippen LogP contribution in [0.15, 0.2) is 84.9 Å². The molecule has 3 aromatic rings. The number of aliphatic hydroxyl groups excluding tert-OH is 2. The van der Waals surface area contributed by atoms with Gasteiger partial charge in [-0.1, -0.05) is 72.8 Å². The predicted octanol–water partition coefficient (Wildman–Crippen LogP) is 4.09. The molecule has 0 saturated heterocycles. The fraction of sp³-hybridized carbons (Fsp3) is 0.280. The molecule has 3 atom stereocenters. The minimum absolute atomic E-state index is 0.0938. The van der Waals surface area contributed by atoms with E-state index in [0.717, 1.165) is 23.1 Å². The van der Waals surface area contributed by atoms with Crippen LogP contribution in [0.3, 0.4) is 0 Å². The first-order valence-electron chi connectivity index (χ1n) is 10.0. The third kappa shape index (κ3) is 6.16. The minimum atomic E-state index is -0.638. The van der Waals surface area contributed by atoms with Crippen molar-refractivity contribution in [3.05, 3.63) is 102 Å². The average molecular weight is 392 g/mol. The molecule has 3 rings (SSSR count). The van der Waals surface area contributed by atoms with Crippen LogP contribution in [0.25, 0.3) is 0 Å². The second-order valence-corrected chi connectivity index (χ2v) is 7.53. The highest BCUT2D eigenvalue weighted by molar-refractivity contribution is 5.26. The maximum Gasteiger partial charge on any atom is 0.115 e. The zero-order chi connectivity index (χ0) is 20.6. The molecule has 0 unspecified atom stereocenters. The molecule has 3 aromatic carbocycles. The second-order valence-electron chi connectivity index (χ2n) is 7.53. The molecule has 3 N–H and O–H groups in total. The van der Waals surface area contributed by atoms with Gasteiger partial charge in [0.25, 0.3) is 0 Å². The highest BCUT2D eigenvalue weighted by Crippen LogP contribution is 2.22. The summed E-state index contributed by atoms with van der Waals surface area (Å²) in [6.45, 7) is 2.95. The van der Waals surface area contributed by atoms with Gasteiger partial charge in [-0.05, 0) is 42.2 Å². The first-order chi connectivity index (χ1) is 14.0. The normalized spacial score (nSPS) is 14.5. The Morgan fingerprint density at radius 2 is 1.14 bits per heavy atom. The maximum atomic E-state index is 10.8. The van der Waals surface area contributed by atoms with Crippen molar-refractivity contribution in [3.63, 3.8) is 0 Å². The Balaban J connectivity index is 1.75. The molecule has 152 valence electrons. The van der Waals surface area contributed by atoms with Crippen molar-refractivity contribution < 1.29 is 15.3 Å². The first-order valence-corrected chi connectivity index (χ1v) is 10.0. The number of rotatable bonds is 9. The van der Waals surface area contributed by atoms with E-state index in [9.17, 15) is 15.3 Å². The van der Waals surface area contributed by atoms with Crippen LogP contribution in [0.4, 0.5) is 0 Å². The van der Waals surface area contributed by atoms with Gasteiger partial charge in [-0.15, -0.1) is 0 Å². The van der Waals surface area contributed by atoms with Crippen molar-refractivity contribution in [2.75, 3.05) is 13.1 Å². The van der Waals surface area contributed by atoms with Gasteiger partial charge in [-0.25, -0.2) is 0 Å². The molecule has 0 bridgehead atoms. The molecule has 4 nitrogen and oxygen atoms in total. The molecule has 0 saturated carbocycles. The number of hydrogen-bond donors (Lipinski definition) is 3. The molecule has 0 aliphatic rings. The molecule has 0 radical (unpaired) electrons. The fourth-order valence-electron chi connectivity index (χ4n) is 3.54. The predicted molar refractivity (Wildman–Crippen MR) is 116 cm³/mol. The van der Waals surface area contributed by atoms with Gasteiger partial charge in [0.2, 0.25) is 0 Å². The van der Waals surface area contributed by atoms with Gasteiger partial charge in [-0.3, -0.25) is 4.90 Å². The van der Waals surface area contributed by atoms with E-state index in [1.807, 2.05) is 72.8 Å². The molecule has 0 aliphatic carbocycles. The van der Waals surface area contributed by atoms with Crippen LogP contribution in [-0.4, -0.2) is 39.4 Å². The summed E-state index contributed by atoms with van der Waals surface area (Å²) in [5.74, 6) is 0.247. The molecule has 0 aromatic heterocycles. The molecule has 0 aliphatic heterocycles. The lowest BCUT2D eigenvalue weighted by Crippen LogP contribution is -2.40. The molecule has 0 fully saturated rings. The second kappa shape index (κ2) is 10.2. The average Bonchev–Trinajstić information content (AvgIpc) is 2.76. The van der Waals surface area contributed by atoms with E-state index in [4.69, 9.17) is 0 Å². The number of nitrogens with zero attached hydrogens (tertiary/aromatic N) is 1. The van der Waals surface area contributed by atoms with E-state index in [-0.39, 0.29) is 11.8 Å². The van der Waals surface area contributed by atoms with Crippen molar-refractivity contribution >= 4 is 0 Å². The van der Waals surface area contributed by atoms with E-state index in [0.29, 0.717) is 13.1 Å². The molecule has 29 heavy (non-hydrogen) atoms. The standard InChI is InChI=1S/C25H29NO3/c1-19(16-20-12-14-23(27)15-13-20)26(17-24(28)21-8-4-2-5-9-21)18-25(29)22-10-6-3-7-11-22/h2-15,19,24-25,27-29H,16-18H2,1H3/t19-,24-,25-/m1/s1. The third-order valence-electron chi connectivity index (χ3n) is 5.27. The number of phenolic OH excluding ortho intramolecular Hbond substituents is 1. The lowest BCUT2D eigenvalue weighted by Gasteiger charge is -2.33. The van der Waals surface area contributed by atoms with Gasteiger partial charge in [-0.2, -0.15) is 0 Å². The van der Waals surface area contributed by atoms with Gasteiger partial charge in [0.1, 0.15) is 5.75 Å². The lowest BCUT2D eigenvalue weighted by molar-refractivity contribution is 0.0480. The monoisotopic (exact) mass is 391 g/mol. The highest BCUT2D eigenvalue weighted by Gasteiger charge is 2.22. The molecule has 0 heterocycles.